The van der Waals surface area contributed by atoms with Crippen molar-refractivity contribution in [3.8, 4) is 0 Å². The molecule has 4 heteroatoms. The monoisotopic (exact) mass is 214 g/mol. The smallest absolute Gasteiger partial charge is 0.182 e. The van der Waals surface area contributed by atoms with Crippen LogP contribution in [0.4, 0.5) is 0 Å². The molecule has 1 aromatic carbocycles. The van der Waals surface area contributed by atoms with Crippen LogP contribution in [0.25, 0.3) is 0 Å². The number of amidine groups is 1. The van der Waals surface area contributed by atoms with E-state index in [4.69, 9.17) is 5.21 Å². The number of nitrogens with zero attached hydrogens (tertiary/aromatic N) is 1. The summed E-state index contributed by atoms with van der Waals surface area (Å²) in [6, 6.07) is 9.30. The Morgan fingerprint density at radius 2 is 2.00 bits per heavy atom. The molecule has 0 unspecified atom stereocenters. The fourth-order valence-electron chi connectivity index (χ4n) is 0.727. The Hall–Kier alpha value is -1.03. The molecule has 0 heterocycles. The van der Waals surface area contributed by atoms with Gasteiger partial charge in [-0.2, -0.15) is 0 Å². The van der Waals surface area contributed by atoms with E-state index in [0.29, 0.717) is 5.84 Å². The SMILES string of the molecule is ON=C(NBr)c1ccccc1. The van der Waals surface area contributed by atoms with Gasteiger partial charge < -0.3 is 9.55 Å². The lowest BCUT2D eigenvalue weighted by Crippen LogP contribution is -2.13. The number of benzene rings is 1. The highest BCUT2D eigenvalue weighted by Gasteiger charge is 1.98. The Bertz CT molecular complexity index is 248. The second-order valence-corrected chi connectivity index (χ2v) is 2.31. The van der Waals surface area contributed by atoms with Crippen LogP contribution in [0, 0.1) is 0 Å². The van der Waals surface area contributed by atoms with Crippen LogP contribution in [-0.2, 0) is 0 Å². The third-order valence-electron chi connectivity index (χ3n) is 1.24. The van der Waals surface area contributed by atoms with Crippen LogP contribution in [-0.4, -0.2) is 11.0 Å². The summed E-state index contributed by atoms with van der Waals surface area (Å²) in [5.41, 5.74) is 0.826. The first-order chi connectivity index (χ1) is 5.38. The summed E-state index contributed by atoms with van der Waals surface area (Å²) in [4.78, 5) is 0. The molecule has 3 nitrogen and oxygen atoms in total. The van der Waals surface area contributed by atoms with Gasteiger partial charge in [0.2, 0.25) is 0 Å². The van der Waals surface area contributed by atoms with Gasteiger partial charge in [0.15, 0.2) is 5.84 Å². The average Bonchev–Trinajstić information content (AvgIpc) is 2.09. The van der Waals surface area contributed by atoms with E-state index in [1.165, 1.54) is 0 Å². The first-order valence-electron chi connectivity index (χ1n) is 3.02. The zero-order chi connectivity index (χ0) is 8.10. The molecule has 0 radical (unpaired) electrons. The van der Waals surface area contributed by atoms with Crippen LogP contribution >= 0.6 is 16.1 Å². The molecular formula is C7H7BrN2O. The van der Waals surface area contributed by atoms with Gasteiger partial charge in [-0.15, -0.1) is 0 Å². The van der Waals surface area contributed by atoms with Gasteiger partial charge in [-0.3, -0.25) is 0 Å². The van der Waals surface area contributed by atoms with Crippen molar-refractivity contribution in [2.24, 2.45) is 5.16 Å². The minimum absolute atomic E-state index is 0.394. The molecule has 58 valence electrons. The number of hydrogen-bond acceptors (Lipinski definition) is 2. The van der Waals surface area contributed by atoms with Crippen molar-refractivity contribution in [1.29, 1.82) is 0 Å². The van der Waals surface area contributed by atoms with E-state index >= 15 is 0 Å². The maximum atomic E-state index is 8.47. The summed E-state index contributed by atoms with van der Waals surface area (Å²) >= 11 is 2.97. The lowest BCUT2D eigenvalue weighted by molar-refractivity contribution is 0.318. The van der Waals surface area contributed by atoms with Crippen molar-refractivity contribution >= 4 is 22.0 Å². The molecule has 0 spiro atoms. The first-order valence-corrected chi connectivity index (χ1v) is 3.82. The van der Waals surface area contributed by atoms with Crippen molar-refractivity contribution in [3.63, 3.8) is 0 Å². The molecule has 0 aliphatic rings. The van der Waals surface area contributed by atoms with Gasteiger partial charge in [0.25, 0.3) is 0 Å². The van der Waals surface area contributed by atoms with Gasteiger partial charge >= 0.3 is 0 Å². The number of oxime groups is 1. The van der Waals surface area contributed by atoms with Gasteiger partial charge in [0.1, 0.15) is 0 Å². The van der Waals surface area contributed by atoms with Crippen LogP contribution in [0.1, 0.15) is 5.56 Å². The maximum Gasteiger partial charge on any atom is 0.182 e. The molecule has 1 rings (SSSR count). The molecule has 0 amide bonds. The summed E-state index contributed by atoms with van der Waals surface area (Å²) in [6.07, 6.45) is 0. The van der Waals surface area contributed by atoms with Crippen LogP contribution < -0.4 is 4.34 Å². The van der Waals surface area contributed by atoms with Crippen LogP contribution in [0.3, 0.4) is 0 Å². The number of rotatable bonds is 1. The molecule has 2 N–H and O–H groups in total. The Morgan fingerprint density at radius 3 is 2.45 bits per heavy atom. The van der Waals surface area contributed by atoms with Gasteiger partial charge in [0.05, 0.1) is 0 Å². The number of nitrogens with one attached hydrogen (secondary N) is 1. The second kappa shape index (κ2) is 3.98. The topological polar surface area (TPSA) is 44.6 Å². The van der Waals surface area contributed by atoms with E-state index in [2.05, 4.69) is 25.6 Å². The van der Waals surface area contributed by atoms with Crippen molar-refractivity contribution < 1.29 is 5.21 Å². The fraction of sp³-hybridized carbons (Fsp3) is 0. The van der Waals surface area contributed by atoms with Gasteiger partial charge in [-0.05, 0) is 0 Å². The zero-order valence-corrected chi connectivity index (χ0v) is 7.25. The van der Waals surface area contributed by atoms with E-state index < -0.39 is 0 Å². The standard InChI is InChI=1S/C7H7BrN2O/c8-9-7(10-11)6-4-2-1-3-5-6/h1-5,11H,(H,9,10). The average molecular weight is 215 g/mol. The van der Waals surface area contributed by atoms with Crippen LogP contribution in [0.5, 0.6) is 0 Å². The third kappa shape index (κ3) is 1.94. The molecule has 0 aliphatic carbocycles. The molecule has 1 aromatic rings. The molecule has 11 heavy (non-hydrogen) atoms. The molecule has 0 saturated carbocycles. The molecule has 0 saturated heterocycles. The maximum absolute atomic E-state index is 8.47. The van der Waals surface area contributed by atoms with Gasteiger partial charge in [-0.1, -0.05) is 35.5 Å². The first kappa shape index (κ1) is 8.07. The summed E-state index contributed by atoms with van der Waals surface area (Å²) in [6.45, 7) is 0. The van der Waals surface area contributed by atoms with E-state index in [1.54, 1.807) is 0 Å². The zero-order valence-electron chi connectivity index (χ0n) is 5.66. The summed E-state index contributed by atoms with van der Waals surface area (Å²) in [5.74, 6) is 0.394. The van der Waals surface area contributed by atoms with E-state index in [-0.39, 0.29) is 0 Å². The summed E-state index contributed by atoms with van der Waals surface area (Å²) in [7, 11) is 0. The highest BCUT2D eigenvalue weighted by Crippen LogP contribution is 1.99. The Labute approximate surface area is 73.1 Å². The Morgan fingerprint density at radius 1 is 1.36 bits per heavy atom. The number of hydrogen-bond donors (Lipinski definition) is 2. The largest absolute Gasteiger partial charge is 0.409 e. The van der Waals surface area contributed by atoms with Crippen LogP contribution in [0.2, 0.25) is 0 Å². The normalized spacial score (nSPS) is 11.2. The van der Waals surface area contributed by atoms with Crippen LogP contribution in [0.15, 0.2) is 35.5 Å². The predicted octanol–water partition coefficient (Wildman–Crippen LogP) is 1.72. The van der Waals surface area contributed by atoms with E-state index in [9.17, 15) is 0 Å². The fourth-order valence-corrected chi connectivity index (χ4v) is 1.04. The third-order valence-corrected chi connectivity index (χ3v) is 1.61. The lowest BCUT2D eigenvalue weighted by Gasteiger charge is -1.99. The van der Waals surface area contributed by atoms with Crippen molar-refractivity contribution in [2.75, 3.05) is 0 Å². The molecule has 0 aromatic heterocycles. The molecule has 0 bridgehead atoms. The minimum atomic E-state index is 0.394. The minimum Gasteiger partial charge on any atom is -0.409 e. The number of halogens is 1. The lowest BCUT2D eigenvalue weighted by atomic mass is 10.2. The molecule has 0 atom stereocenters. The van der Waals surface area contributed by atoms with Gasteiger partial charge in [0, 0.05) is 21.7 Å². The molecule has 0 aliphatic heterocycles. The quantitative estimate of drug-likeness (QED) is 0.246. The highest BCUT2D eigenvalue weighted by molar-refractivity contribution is 9.08. The molecule has 0 fully saturated rings. The Balaban J connectivity index is 2.92. The summed E-state index contributed by atoms with van der Waals surface area (Å²) < 4.78 is 2.58. The molecular weight excluding hydrogens is 208 g/mol. The van der Waals surface area contributed by atoms with Crippen molar-refractivity contribution in [3.05, 3.63) is 35.9 Å². The highest BCUT2D eigenvalue weighted by atomic mass is 79.9. The van der Waals surface area contributed by atoms with Crippen molar-refractivity contribution in [2.45, 2.75) is 0 Å². The van der Waals surface area contributed by atoms with E-state index in [0.717, 1.165) is 5.56 Å². The summed E-state index contributed by atoms with van der Waals surface area (Å²) in [5, 5.41) is 11.5. The second-order valence-electron chi connectivity index (χ2n) is 1.91. The van der Waals surface area contributed by atoms with Crippen molar-refractivity contribution in [1.82, 2.24) is 4.34 Å². The predicted molar refractivity (Wildman–Crippen MR) is 46.8 cm³/mol. The Kier molecular flexibility index (Phi) is 2.92. The van der Waals surface area contributed by atoms with E-state index in [1.807, 2.05) is 30.3 Å². The van der Waals surface area contributed by atoms with Gasteiger partial charge in [-0.25, -0.2) is 0 Å².